The summed E-state index contributed by atoms with van der Waals surface area (Å²) >= 11 is 0. The Labute approximate surface area is 125 Å². The fourth-order valence-corrected chi connectivity index (χ4v) is 1.89. The molecule has 3 N–H and O–H groups in total. The van der Waals surface area contributed by atoms with Gasteiger partial charge in [0.2, 0.25) is 0 Å². The number of phenolic OH excluding ortho intramolecular Hbond substituents is 3. The van der Waals surface area contributed by atoms with Crippen LogP contribution in [0.3, 0.4) is 0 Å². The van der Waals surface area contributed by atoms with E-state index in [4.69, 9.17) is 4.74 Å². The number of ether oxygens (including phenoxy) is 1. The van der Waals surface area contributed by atoms with Crippen molar-refractivity contribution in [3.63, 3.8) is 0 Å². The quantitative estimate of drug-likeness (QED) is 0.531. The van der Waals surface area contributed by atoms with Crippen LogP contribution in [0.15, 0.2) is 12.1 Å². The van der Waals surface area contributed by atoms with Crippen LogP contribution >= 0.6 is 0 Å². The molecule has 21 heavy (non-hydrogen) atoms. The standard InChI is InChI=1S/C16H24O5/c1-5-16(4,21-7-6-10(2)3)15(20)11-8-12(17)14(19)13(18)9-11/h8-10,17-19H,5-7H2,1-4H3. The third-order valence-electron chi connectivity index (χ3n) is 3.60. The number of hydrogen-bond donors (Lipinski definition) is 3. The first-order chi connectivity index (χ1) is 9.71. The van der Waals surface area contributed by atoms with Crippen LogP contribution in [0.4, 0.5) is 0 Å². The van der Waals surface area contributed by atoms with Crippen molar-refractivity contribution < 1.29 is 24.9 Å². The molecule has 1 rings (SSSR count). The summed E-state index contributed by atoms with van der Waals surface area (Å²) in [6.45, 7) is 8.14. The molecule has 0 aliphatic rings. The van der Waals surface area contributed by atoms with Gasteiger partial charge in [-0.1, -0.05) is 20.8 Å². The van der Waals surface area contributed by atoms with Gasteiger partial charge < -0.3 is 20.1 Å². The van der Waals surface area contributed by atoms with Crippen LogP contribution in [0.2, 0.25) is 0 Å². The molecule has 0 saturated heterocycles. The molecule has 0 aliphatic carbocycles. The van der Waals surface area contributed by atoms with Crippen LogP contribution in [-0.4, -0.2) is 33.3 Å². The second-order valence-electron chi connectivity index (χ2n) is 5.81. The third kappa shape index (κ3) is 4.11. The summed E-state index contributed by atoms with van der Waals surface area (Å²) in [5, 5.41) is 28.4. The molecule has 5 nitrogen and oxygen atoms in total. The van der Waals surface area contributed by atoms with Gasteiger partial charge in [0.05, 0.1) is 0 Å². The number of aromatic hydroxyl groups is 3. The van der Waals surface area contributed by atoms with Gasteiger partial charge in [0.1, 0.15) is 5.60 Å². The summed E-state index contributed by atoms with van der Waals surface area (Å²) in [7, 11) is 0. The first kappa shape index (κ1) is 17.3. The van der Waals surface area contributed by atoms with Crippen LogP contribution in [0.5, 0.6) is 17.2 Å². The van der Waals surface area contributed by atoms with E-state index in [1.54, 1.807) is 6.92 Å². The zero-order valence-corrected chi connectivity index (χ0v) is 13.0. The van der Waals surface area contributed by atoms with Gasteiger partial charge in [0.25, 0.3) is 0 Å². The van der Waals surface area contributed by atoms with Crippen LogP contribution in [0.25, 0.3) is 0 Å². The lowest BCUT2D eigenvalue weighted by molar-refractivity contribution is -0.0208. The Morgan fingerprint density at radius 2 is 1.76 bits per heavy atom. The van der Waals surface area contributed by atoms with Crippen molar-refractivity contribution in [3.8, 4) is 17.2 Å². The third-order valence-corrected chi connectivity index (χ3v) is 3.60. The summed E-state index contributed by atoms with van der Waals surface area (Å²) in [5.41, 5.74) is -0.915. The number of hydrogen-bond acceptors (Lipinski definition) is 5. The maximum absolute atomic E-state index is 12.6. The van der Waals surface area contributed by atoms with E-state index in [0.29, 0.717) is 18.9 Å². The van der Waals surface area contributed by atoms with Crippen LogP contribution < -0.4 is 0 Å². The van der Waals surface area contributed by atoms with E-state index < -0.39 is 22.8 Å². The summed E-state index contributed by atoms with van der Waals surface area (Å²) in [6.07, 6.45) is 1.31. The fraction of sp³-hybridized carbons (Fsp3) is 0.562. The molecular weight excluding hydrogens is 272 g/mol. The topological polar surface area (TPSA) is 87.0 Å². The maximum atomic E-state index is 12.6. The second-order valence-corrected chi connectivity index (χ2v) is 5.81. The lowest BCUT2D eigenvalue weighted by atomic mass is 9.91. The number of phenols is 3. The molecule has 0 heterocycles. The lowest BCUT2D eigenvalue weighted by Crippen LogP contribution is -2.38. The van der Waals surface area contributed by atoms with E-state index in [2.05, 4.69) is 13.8 Å². The second kappa shape index (κ2) is 6.80. The van der Waals surface area contributed by atoms with Crippen molar-refractivity contribution in [2.75, 3.05) is 6.61 Å². The van der Waals surface area contributed by atoms with E-state index in [-0.39, 0.29) is 11.3 Å². The molecule has 1 aromatic carbocycles. The largest absolute Gasteiger partial charge is 0.504 e. The molecule has 118 valence electrons. The number of benzene rings is 1. The van der Waals surface area contributed by atoms with Gasteiger partial charge in [-0.15, -0.1) is 0 Å². The van der Waals surface area contributed by atoms with Crippen molar-refractivity contribution in [2.24, 2.45) is 5.92 Å². The number of Topliss-reactive ketones (excluding diaryl/α,β-unsaturated/α-hetero) is 1. The van der Waals surface area contributed by atoms with Crippen LogP contribution in [-0.2, 0) is 4.74 Å². The minimum atomic E-state index is -1.02. The Balaban J connectivity index is 2.97. The Bertz CT molecular complexity index is 486. The minimum absolute atomic E-state index is 0.108. The van der Waals surface area contributed by atoms with E-state index in [1.807, 2.05) is 6.92 Å². The molecule has 0 fully saturated rings. The number of carbonyl (C=O) groups excluding carboxylic acids is 1. The Hall–Kier alpha value is -1.75. The van der Waals surface area contributed by atoms with Gasteiger partial charge in [0, 0.05) is 12.2 Å². The summed E-state index contributed by atoms with van der Waals surface area (Å²) in [6, 6.07) is 2.27. The smallest absolute Gasteiger partial charge is 0.200 e. The first-order valence-electron chi connectivity index (χ1n) is 7.15. The lowest BCUT2D eigenvalue weighted by Gasteiger charge is -2.28. The normalized spacial score (nSPS) is 14.1. The zero-order chi connectivity index (χ0) is 16.2. The van der Waals surface area contributed by atoms with Gasteiger partial charge in [0.15, 0.2) is 23.0 Å². The maximum Gasteiger partial charge on any atom is 0.200 e. The first-order valence-corrected chi connectivity index (χ1v) is 7.15. The highest BCUT2D eigenvalue weighted by atomic mass is 16.5. The number of ketones is 1. The van der Waals surface area contributed by atoms with Gasteiger partial charge in [-0.2, -0.15) is 0 Å². The number of carbonyl (C=O) groups is 1. The molecule has 0 saturated carbocycles. The molecule has 1 aromatic rings. The molecule has 0 bridgehead atoms. The molecule has 0 spiro atoms. The van der Waals surface area contributed by atoms with E-state index in [0.717, 1.165) is 18.6 Å². The fourth-order valence-electron chi connectivity index (χ4n) is 1.89. The zero-order valence-electron chi connectivity index (χ0n) is 13.0. The van der Waals surface area contributed by atoms with Crippen molar-refractivity contribution in [1.29, 1.82) is 0 Å². The average molecular weight is 296 g/mol. The van der Waals surface area contributed by atoms with Crippen molar-refractivity contribution in [1.82, 2.24) is 0 Å². The predicted octanol–water partition coefficient (Wildman–Crippen LogP) is 3.22. The van der Waals surface area contributed by atoms with Crippen molar-refractivity contribution in [3.05, 3.63) is 17.7 Å². The summed E-state index contributed by atoms with van der Waals surface area (Å²) in [4.78, 5) is 12.6. The van der Waals surface area contributed by atoms with Gasteiger partial charge in [-0.25, -0.2) is 0 Å². The summed E-state index contributed by atoms with van der Waals surface area (Å²) in [5.74, 6) is -1.55. The molecule has 0 amide bonds. The molecule has 1 atom stereocenters. The Morgan fingerprint density at radius 1 is 1.24 bits per heavy atom. The highest BCUT2D eigenvalue weighted by Gasteiger charge is 2.34. The SMILES string of the molecule is CCC(C)(OCCC(C)C)C(=O)c1cc(O)c(O)c(O)c1. The van der Waals surface area contributed by atoms with Gasteiger partial charge >= 0.3 is 0 Å². The van der Waals surface area contributed by atoms with Crippen LogP contribution in [0.1, 0.15) is 50.9 Å². The van der Waals surface area contributed by atoms with Crippen LogP contribution in [0, 0.1) is 5.92 Å². The number of rotatable bonds is 7. The molecular formula is C16H24O5. The molecule has 0 aromatic heterocycles. The van der Waals surface area contributed by atoms with Gasteiger partial charge in [-0.3, -0.25) is 4.79 Å². The van der Waals surface area contributed by atoms with Crippen molar-refractivity contribution >= 4 is 5.78 Å². The Morgan fingerprint density at radius 3 is 2.19 bits per heavy atom. The minimum Gasteiger partial charge on any atom is -0.504 e. The Kier molecular flexibility index (Phi) is 5.61. The molecule has 5 heteroatoms. The van der Waals surface area contributed by atoms with Crippen molar-refractivity contribution in [2.45, 2.75) is 46.1 Å². The molecule has 1 unspecified atom stereocenters. The highest BCUT2D eigenvalue weighted by molar-refractivity contribution is 6.03. The average Bonchev–Trinajstić information content (AvgIpc) is 2.42. The van der Waals surface area contributed by atoms with Gasteiger partial charge in [-0.05, 0) is 37.8 Å². The molecule has 0 radical (unpaired) electrons. The van der Waals surface area contributed by atoms with E-state index in [9.17, 15) is 20.1 Å². The molecule has 0 aliphatic heterocycles. The van der Waals surface area contributed by atoms with E-state index >= 15 is 0 Å². The summed E-state index contributed by atoms with van der Waals surface area (Å²) < 4.78 is 5.74. The predicted molar refractivity (Wildman–Crippen MR) is 79.9 cm³/mol. The monoisotopic (exact) mass is 296 g/mol. The highest BCUT2D eigenvalue weighted by Crippen LogP contribution is 2.37. The van der Waals surface area contributed by atoms with E-state index in [1.165, 1.54) is 0 Å².